The summed E-state index contributed by atoms with van der Waals surface area (Å²) in [6.45, 7) is 8.23. The molecule has 0 unspecified atom stereocenters. The van der Waals surface area contributed by atoms with Gasteiger partial charge in [-0.05, 0) is 81.6 Å². The predicted octanol–water partition coefficient (Wildman–Crippen LogP) is 6.10. The van der Waals surface area contributed by atoms with Gasteiger partial charge in [0.05, 0.1) is 23.8 Å². The van der Waals surface area contributed by atoms with Gasteiger partial charge in [-0.1, -0.05) is 24.3 Å². The highest BCUT2D eigenvalue weighted by Crippen LogP contribution is 2.33. The fraction of sp³-hybridized carbons (Fsp3) is 0.286. The first-order chi connectivity index (χ1) is 22.1. The Hall–Kier alpha value is -5.45. The van der Waals surface area contributed by atoms with Crippen molar-refractivity contribution in [2.75, 3.05) is 24.3 Å². The molecule has 11 nitrogen and oxygen atoms in total. The molecule has 1 aromatic heterocycles. The van der Waals surface area contributed by atoms with Crippen LogP contribution in [-0.2, 0) is 25.7 Å². The van der Waals surface area contributed by atoms with Crippen LogP contribution in [-0.4, -0.2) is 53.4 Å². The van der Waals surface area contributed by atoms with Gasteiger partial charge in [-0.3, -0.25) is 24.2 Å². The van der Waals surface area contributed by atoms with Gasteiger partial charge < -0.3 is 20.7 Å². The van der Waals surface area contributed by atoms with Crippen LogP contribution in [0.25, 0.3) is 5.57 Å². The number of aryl methyl sites for hydroxylation is 1. The first-order valence-electron chi connectivity index (χ1n) is 15.0. The number of amides is 2. The van der Waals surface area contributed by atoms with Crippen LogP contribution in [0.3, 0.4) is 0 Å². The lowest BCUT2D eigenvalue weighted by Crippen LogP contribution is -2.37. The number of aliphatic imine (C=N–C) groups is 1. The SMILES string of the molecule is C/C=C(\C=NCC)c1ccnc(Nc2ccc(NC(=O)c3cccc(CNC(=O)C4=C[C@](C)(C(=O)OC)CCC4=O)c3)cc2C)n1.[HH].[HH].[HH]. The second-order valence-corrected chi connectivity index (χ2v) is 11.0. The van der Waals surface area contributed by atoms with Crippen LogP contribution in [0.2, 0.25) is 0 Å². The summed E-state index contributed by atoms with van der Waals surface area (Å²) < 4.78 is 4.85. The maximum absolute atomic E-state index is 13.1. The lowest BCUT2D eigenvalue weighted by Gasteiger charge is -2.27. The van der Waals surface area contributed by atoms with Crippen molar-refractivity contribution in [2.45, 2.75) is 47.1 Å². The van der Waals surface area contributed by atoms with Crippen molar-refractivity contribution in [2.24, 2.45) is 10.4 Å². The van der Waals surface area contributed by atoms with Crippen LogP contribution in [0, 0.1) is 12.3 Å². The molecule has 0 radical (unpaired) electrons. The van der Waals surface area contributed by atoms with Crippen molar-refractivity contribution in [1.29, 1.82) is 0 Å². The van der Waals surface area contributed by atoms with E-state index in [0.717, 1.165) is 22.5 Å². The van der Waals surface area contributed by atoms with Crippen molar-refractivity contribution < 1.29 is 28.2 Å². The summed E-state index contributed by atoms with van der Waals surface area (Å²) in [5, 5.41) is 8.88. The molecule has 11 heteroatoms. The quantitative estimate of drug-likeness (QED) is 0.131. The van der Waals surface area contributed by atoms with Crippen LogP contribution in [0.15, 0.2) is 77.4 Å². The zero-order valence-corrected chi connectivity index (χ0v) is 26.6. The van der Waals surface area contributed by atoms with E-state index in [0.29, 0.717) is 29.3 Å². The van der Waals surface area contributed by atoms with Gasteiger partial charge in [0.25, 0.3) is 11.8 Å². The van der Waals surface area contributed by atoms with E-state index in [9.17, 15) is 19.2 Å². The molecule has 1 atom stereocenters. The second kappa shape index (κ2) is 15.0. The van der Waals surface area contributed by atoms with Crippen LogP contribution in [0.4, 0.5) is 17.3 Å². The molecule has 3 N–H and O–H groups in total. The Morgan fingerprint density at radius 2 is 1.93 bits per heavy atom. The van der Waals surface area contributed by atoms with E-state index in [1.165, 1.54) is 13.2 Å². The van der Waals surface area contributed by atoms with E-state index in [1.54, 1.807) is 49.7 Å². The van der Waals surface area contributed by atoms with Gasteiger partial charge >= 0.3 is 5.97 Å². The van der Waals surface area contributed by atoms with Gasteiger partial charge in [-0.2, -0.15) is 0 Å². The number of rotatable bonds is 11. The average Bonchev–Trinajstić information content (AvgIpc) is 3.06. The molecular weight excluding hydrogens is 584 g/mol. The summed E-state index contributed by atoms with van der Waals surface area (Å²) >= 11 is 0. The zero-order valence-electron chi connectivity index (χ0n) is 26.6. The minimum absolute atomic E-state index is 0. The minimum atomic E-state index is -1.04. The maximum Gasteiger partial charge on any atom is 0.315 e. The first kappa shape index (κ1) is 33.4. The molecule has 1 aliphatic carbocycles. The lowest BCUT2D eigenvalue weighted by atomic mass is 9.77. The molecule has 0 fully saturated rings. The number of hydrogen-bond acceptors (Lipinski definition) is 9. The number of methoxy groups -OCH3 is 1. The Morgan fingerprint density at radius 3 is 2.65 bits per heavy atom. The number of aromatic nitrogens is 2. The van der Waals surface area contributed by atoms with E-state index in [1.807, 2.05) is 45.0 Å². The summed E-state index contributed by atoms with van der Waals surface area (Å²) in [6, 6.07) is 14.1. The highest BCUT2D eigenvalue weighted by molar-refractivity contribution is 6.20. The van der Waals surface area contributed by atoms with Crippen molar-refractivity contribution in [3.8, 4) is 0 Å². The monoisotopic (exact) mass is 628 g/mol. The minimum Gasteiger partial charge on any atom is -0.468 e. The number of allylic oxidation sites excluding steroid dienone is 2. The average molecular weight is 629 g/mol. The molecule has 1 heterocycles. The molecule has 2 amide bonds. The fourth-order valence-corrected chi connectivity index (χ4v) is 4.93. The molecule has 0 bridgehead atoms. The van der Waals surface area contributed by atoms with E-state index in [2.05, 4.69) is 30.9 Å². The van der Waals surface area contributed by atoms with Crippen LogP contribution in [0.1, 0.15) is 65.1 Å². The molecule has 0 spiro atoms. The third-order valence-corrected chi connectivity index (χ3v) is 7.58. The number of carbonyl (C=O) groups excluding carboxylic acids is 4. The van der Waals surface area contributed by atoms with Crippen molar-refractivity contribution in [3.05, 3.63) is 94.8 Å². The third kappa shape index (κ3) is 8.17. The molecule has 46 heavy (non-hydrogen) atoms. The number of ether oxygens (including phenoxy) is 1. The third-order valence-electron chi connectivity index (χ3n) is 7.58. The second-order valence-electron chi connectivity index (χ2n) is 11.0. The molecule has 4 rings (SSSR count). The van der Waals surface area contributed by atoms with E-state index in [-0.39, 0.29) is 40.9 Å². The summed E-state index contributed by atoms with van der Waals surface area (Å²) in [5.74, 6) is -1.29. The van der Waals surface area contributed by atoms with Crippen LogP contribution in [0.5, 0.6) is 0 Å². The summed E-state index contributed by atoms with van der Waals surface area (Å²) in [5.41, 5.74) is 3.87. The van der Waals surface area contributed by atoms with Crippen molar-refractivity contribution >= 4 is 52.7 Å². The highest BCUT2D eigenvalue weighted by atomic mass is 16.5. The highest BCUT2D eigenvalue weighted by Gasteiger charge is 2.39. The topological polar surface area (TPSA) is 152 Å². The van der Waals surface area contributed by atoms with E-state index < -0.39 is 17.3 Å². The molecule has 244 valence electrons. The van der Waals surface area contributed by atoms with Gasteiger partial charge in [0.2, 0.25) is 5.95 Å². The summed E-state index contributed by atoms with van der Waals surface area (Å²) in [6.07, 6.45) is 7.16. The predicted molar refractivity (Wildman–Crippen MR) is 184 cm³/mol. The fourth-order valence-electron chi connectivity index (χ4n) is 4.93. The number of hydrogen-bond donors (Lipinski definition) is 3. The molecule has 0 saturated carbocycles. The normalized spacial score (nSPS) is 16.5. The summed E-state index contributed by atoms with van der Waals surface area (Å²) in [7, 11) is 1.27. The number of nitrogens with one attached hydrogen (secondary N) is 3. The molecule has 0 aliphatic heterocycles. The standard InChI is InChI=1S/C35H38N6O5.3H2/c1-6-24(21-36-7-2)29-14-16-37-34(41-29)40-28-12-11-26(17-22(28)3)39-31(43)25-10-8-9-23(18-25)20-38-32(44)27-19-35(4,33(45)46-5)15-13-30(27)42;;;/h6,8-12,14,16-19,21H,7,13,15,20H2,1-5H3,(H,38,44)(H,39,43)(H,37,40,41);3*1H/b24-6+,36-21?;;;/t35-;;;/m1.../s1. The first-order valence-corrected chi connectivity index (χ1v) is 15.0. The number of nitrogens with zero attached hydrogens (tertiary/aromatic N) is 3. The largest absolute Gasteiger partial charge is 0.468 e. The van der Waals surface area contributed by atoms with Gasteiger partial charge in [0, 0.05) is 58.7 Å². The number of benzene rings is 2. The number of carbonyl (C=O) groups is 4. The smallest absolute Gasteiger partial charge is 0.315 e. The number of ketones is 1. The Balaban J connectivity index is 0.00000400. The number of esters is 1. The van der Waals surface area contributed by atoms with E-state index in [4.69, 9.17) is 4.74 Å². The Morgan fingerprint density at radius 1 is 1.13 bits per heavy atom. The zero-order chi connectivity index (χ0) is 33.3. The Kier molecular flexibility index (Phi) is 10.9. The molecule has 0 saturated heterocycles. The van der Waals surface area contributed by atoms with E-state index >= 15 is 0 Å². The lowest BCUT2D eigenvalue weighted by molar-refractivity contribution is -0.149. The Bertz CT molecular complexity index is 1760. The summed E-state index contributed by atoms with van der Waals surface area (Å²) in [4.78, 5) is 63.8. The van der Waals surface area contributed by atoms with Gasteiger partial charge in [-0.25, -0.2) is 9.97 Å². The molecule has 1 aliphatic rings. The molecule has 2 aromatic carbocycles. The van der Waals surface area contributed by atoms with Gasteiger partial charge in [0.15, 0.2) is 5.78 Å². The van der Waals surface area contributed by atoms with Crippen molar-refractivity contribution in [3.63, 3.8) is 0 Å². The van der Waals surface area contributed by atoms with Crippen LogP contribution >= 0.6 is 0 Å². The Labute approximate surface area is 272 Å². The van der Waals surface area contributed by atoms with Gasteiger partial charge in [-0.15, -0.1) is 0 Å². The van der Waals surface area contributed by atoms with Crippen molar-refractivity contribution in [1.82, 2.24) is 15.3 Å². The molecular formula is C35H44N6O5. The molecule has 3 aromatic rings. The number of anilines is 3. The maximum atomic E-state index is 13.1. The van der Waals surface area contributed by atoms with Crippen LogP contribution < -0.4 is 16.0 Å². The number of Topliss-reactive ketones (excluding diaryl/α,β-unsaturated/α-hetero) is 1. The van der Waals surface area contributed by atoms with Gasteiger partial charge in [0.1, 0.15) is 0 Å².